The van der Waals surface area contributed by atoms with Crippen molar-refractivity contribution in [2.45, 2.75) is 26.7 Å². The number of thiazole rings is 1. The molecule has 1 unspecified atom stereocenters. The maximum absolute atomic E-state index is 11.9. The summed E-state index contributed by atoms with van der Waals surface area (Å²) < 4.78 is 0. The van der Waals surface area contributed by atoms with Crippen molar-refractivity contribution in [3.63, 3.8) is 0 Å². The molecule has 21 heavy (non-hydrogen) atoms. The molecule has 1 atom stereocenters. The van der Waals surface area contributed by atoms with Crippen molar-refractivity contribution in [3.8, 4) is 11.3 Å². The number of nitrogens with two attached hydrogens (primary N) is 1. The van der Waals surface area contributed by atoms with Crippen LogP contribution in [-0.2, 0) is 4.79 Å². The summed E-state index contributed by atoms with van der Waals surface area (Å²) >= 11 is 1.62. The third-order valence-electron chi connectivity index (χ3n) is 3.33. The lowest BCUT2D eigenvalue weighted by Crippen LogP contribution is -2.16. The van der Waals surface area contributed by atoms with E-state index in [1.807, 2.05) is 36.6 Å². The zero-order valence-corrected chi connectivity index (χ0v) is 13.2. The summed E-state index contributed by atoms with van der Waals surface area (Å²) in [6.45, 7) is 4.66. The molecule has 0 bridgehead atoms. The van der Waals surface area contributed by atoms with Crippen molar-refractivity contribution in [2.75, 3.05) is 11.9 Å². The zero-order valence-electron chi connectivity index (χ0n) is 12.4. The molecule has 3 N–H and O–H groups in total. The van der Waals surface area contributed by atoms with Crippen molar-refractivity contribution >= 4 is 22.9 Å². The average Bonchev–Trinajstić information content (AvgIpc) is 2.91. The van der Waals surface area contributed by atoms with Crippen molar-refractivity contribution in [1.29, 1.82) is 0 Å². The Labute approximate surface area is 129 Å². The predicted octanol–water partition coefficient (Wildman–Crippen LogP) is 3.43. The first-order chi connectivity index (χ1) is 10.1. The van der Waals surface area contributed by atoms with Gasteiger partial charge in [0.05, 0.1) is 10.7 Å². The fraction of sp³-hybridized carbons (Fsp3) is 0.375. The third kappa shape index (κ3) is 4.65. The molecule has 1 amide bonds. The number of carbonyl (C=O) groups is 1. The molecule has 112 valence electrons. The van der Waals surface area contributed by atoms with Gasteiger partial charge in [-0.1, -0.05) is 19.1 Å². The van der Waals surface area contributed by atoms with Crippen LogP contribution in [0.15, 0.2) is 29.6 Å². The van der Waals surface area contributed by atoms with E-state index in [1.54, 1.807) is 11.3 Å². The van der Waals surface area contributed by atoms with E-state index >= 15 is 0 Å². The van der Waals surface area contributed by atoms with Gasteiger partial charge in [0.15, 0.2) is 0 Å². The van der Waals surface area contributed by atoms with Gasteiger partial charge in [-0.05, 0) is 37.9 Å². The van der Waals surface area contributed by atoms with Crippen LogP contribution in [0.3, 0.4) is 0 Å². The van der Waals surface area contributed by atoms with Crippen molar-refractivity contribution in [1.82, 2.24) is 4.98 Å². The van der Waals surface area contributed by atoms with Gasteiger partial charge in [0.2, 0.25) is 5.91 Å². The minimum atomic E-state index is 0.0295. The minimum absolute atomic E-state index is 0.0295. The number of rotatable bonds is 6. The molecule has 5 heteroatoms. The van der Waals surface area contributed by atoms with Crippen molar-refractivity contribution < 1.29 is 4.79 Å². The van der Waals surface area contributed by atoms with Gasteiger partial charge in [0.25, 0.3) is 0 Å². The molecule has 2 rings (SSSR count). The Hall–Kier alpha value is -1.72. The van der Waals surface area contributed by atoms with Crippen molar-refractivity contribution in [2.24, 2.45) is 11.7 Å². The standard InChI is InChI=1S/C16H21N3OS/c1-11(9-17)6-7-16(20)19-14-5-3-4-13(8-14)15-10-21-12(2)18-15/h3-5,8,10-11H,6-7,9,17H2,1-2H3,(H,19,20). The van der Waals surface area contributed by atoms with Crippen LogP contribution in [0.5, 0.6) is 0 Å². The summed E-state index contributed by atoms with van der Waals surface area (Å²) in [5.41, 5.74) is 8.34. The number of aryl methyl sites for hydroxylation is 1. The summed E-state index contributed by atoms with van der Waals surface area (Å²) in [6.07, 6.45) is 1.31. The fourth-order valence-electron chi connectivity index (χ4n) is 1.97. The highest BCUT2D eigenvalue weighted by atomic mass is 32.1. The number of hydrogen-bond donors (Lipinski definition) is 2. The SMILES string of the molecule is Cc1nc(-c2cccc(NC(=O)CCC(C)CN)c2)cs1. The monoisotopic (exact) mass is 303 g/mol. The largest absolute Gasteiger partial charge is 0.330 e. The van der Waals surface area contributed by atoms with Crippen LogP contribution in [0.2, 0.25) is 0 Å². The third-order valence-corrected chi connectivity index (χ3v) is 4.10. The maximum atomic E-state index is 11.9. The normalized spacial score (nSPS) is 12.1. The predicted molar refractivity (Wildman–Crippen MR) is 88.4 cm³/mol. The van der Waals surface area contributed by atoms with Gasteiger partial charge in [-0.2, -0.15) is 0 Å². The van der Waals surface area contributed by atoms with Gasteiger partial charge in [-0.15, -0.1) is 11.3 Å². The highest BCUT2D eigenvalue weighted by molar-refractivity contribution is 7.09. The molecule has 1 aromatic carbocycles. The highest BCUT2D eigenvalue weighted by Crippen LogP contribution is 2.24. The number of aromatic nitrogens is 1. The number of nitrogens with one attached hydrogen (secondary N) is 1. The maximum Gasteiger partial charge on any atom is 0.224 e. The Balaban J connectivity index is 1.99. The lowest BCUT2D eigenvalue weighted by molar-refractivity contribution is -0.116. The molecule has 0 saturated heterocycles. The lowest BCUT2D eigenvalue weighted by atomic mass is 10.1. The van der Waals surface area contributed by atoms with Crippen LogP contribution in [0.25, 0.3) is 11.3 Å². The molecular formula is C16H21N3OS. The van der Waals surface area contributed by atoms with Crippen molar-refractivity contribution in [3.05, 3.63) is 34.7 Å². The molecule has 0 spiro atoms. The van der Waals surface area contributed by atoms with E-state index in [9.17, 15) is 4.79 Å². The van der Waals surface area contributed by atoms with E-state index in [0.29, 0.717) is 18.9 Å². The zero-order chi connectivity index (χ0) is 15.2. The number of amides is 1. The van der Waals surface area contributed by atoms with Gasteiger partial charge in [-0.3, -0.25) is 4.79 Å². The van der Waals surface area contributed by atoms with Crippen LogP contribution in [-0.4, -0.2) is 17.4 Å². The molecular weight excluding hydrogens is 282 g/mol. The Bertz CT molecular complexity index is 609. The number of hydrogen-bond acceptors (Lipinski definition) is 4. The molecule has 2 aromatic rings. The molecule has 0 aliphatic rings. The number of carbonyl (C=O) groups excluding carboxylic acids is 1. The van der Waals surface area contributed by atoms with Crippen LogP contribution in [0.4, 0.5) is 5.69 Å². The number of nitrogens with zero attached hydrogens (tertiary/aromatic N) is 1. The van der Waals surface area contributed by atoms with Crippen LogP contribution < -0.4 is 11.1 Å². The van der Waals surface area contributed by atoms with E-state index in [1.165, 1.54) is 0 Å². The molecule has 0 aliphatic heterocycles. The summed E-state index contributed by atoms with van der Waals surface area (Å²) in [7, 11) is 0. The first-order valence-corrected chi connectivity index (χ1v) is 7.99. The van der Waals surface area contributed by atoms with Crippen LogP contribution in [0.1, 0.15) is 24.8 Å². The molecule has 1 aromatic heterocycles. The average molecular weight is 303 g/mol. The Morgan fingerprint density at radius 3 is 2.95 bits per heavy atom. The summed E-state index contributed by atoms with van der Waals surface area (Å²) in [6, 6.07) is 7.79. The van der Waals surface area contributed by atoms with Gasteiger partial charge >= 0.3 is 0 Å². The van der Waals surface area contributed by atoms with E-state index in [-0.39, 0.29) is 5.91 Å². The quantitative estimate of drug-likeness (QED) is 0.859. The van der Waals surface area contributed by atoms with Gasteiger partial charge < -0.3 is 11.1 Å². The number of anilines is 1. The second-order valence-electron chi connectivity index (χ2n) is 5.26. The van der Waals surface area contributed by atoms with E-state index in [4.69, 9.17) is 5.73 Å². The first kappa shape index (κ1) is 15.7. The van der Waals surface area contributed by atoms with Gasteiger partial charge in [-0.25, -0.2) is 4.98 Å². The number of benzene rings is 1. The Morgan fingerprint density at radius 1 is 1.48 bits per heavy atom. The second-order valence-corrected chi connectivity index (χ2v) is 6.32. The van der Waals surface area contributed by atoms with E-state index in [0.717, 1.165) is 28.4 Å². The Morgan fingerprint density at radius 2 is 2.29 bits per heavy atom. The molecule has 0 radical (unpaired) electrons. The van der Waals surface area contributed by atoms with E-state index in [2.05, 4.69) is 17.2 Å². The first-order valence-electron chi connectivity index (χ1n) is 7.11. The molecule has 4 nitrogen and oxygen atoms in total. The summed E-state index contributed by atoms with van der Waals surface area (Å²) in [5.74, 6) is 0.405. The minimum Gasteiger partial charge on any atom is -0.330 e. The molecule has 0 saturated carbocycles. The molecule has 1 heterocycles. The Kier molecular flexibility index (Phi) is 5.47. The smallest absolute Gasteiger partial charge is 0.224 e. The fourth-order valence-corrected chi connectivity index (χ4v) is 2.59. The van der Waals surface area contributed by atoms with Crippen LogP contribution >= 0.6 is 11.3 Å². The van der Waals surface area contributed by atoms with Gasteiger partial charge in [0.1, 0.15) is 0 Å². The van der Waals surface area contributed by atoms with E-state index < -0.39 is 0 Å². The molecule has 0 fully saturated rings. The summed E-state index contributed by atoms with van der Waals surface area (Å²) in [5, 5.41) is 6.00. The second kappa shape index (κ2) is 7.33. The topological polar surface area (TPSA) is 68.0 Å². The lowest BCUT2D eigenvalue weighted by Gasteiger charge is -2.09. The summed E-state index contributed by atoms with van der Waals surface area (Å²) in [4.78, 5) is 16.4. The van der Waals surface area contributed by atoms with Crippen LogP contribution in [0, 0.1) is 12.8 Å². The van der Waals surface area contributed by atoms with Gasteiger partial charge in [0, 0.05) is 23.1 Å². The molecule has 0 aliphatic carbocycles. The highest BCUT2D eigenvalue weighted by Gasteiger charge is 2.07.